The zero-order chi connectivity index (χ0) is 10.2. The van der Waals surface area contributed by atoms with Crippen molar-refractivity contribution >= 4 is 0 Å². The molecular weight excluding hydrogens is 176 g/mol. The van der Waals surface area contributed by atoms with Crippen LogP contribution in [-0.4, -0.2) is 5.11 Å². The molecule has 2 atom stereocenters. The summed E-state index contributed by atoms with van der Waals surface area (Å²) in [6.45, 7) is 4.21. The van der Waals surface area contributed by atoms with Crippen LogP contribution in [0.2, 0.25) is 0 Å². The predicted octanol–water partition coefficient (Wildman–Crippen LogP) is 2.85. The highest BCUT2D eigenvalue weighted by atomic mass is 16.4. The second kappa shape index (κ2) is 3.43. The quantitative estimate of drug-likeness (QED) is 0.799. The molecule has 0 bridgehead atoms. The topological polar surface area (TPSA) is 33.4 Å². The summed E-state index contributed by atoms with van der Waals surface area (Å²) >= 11 is 0. The zero-order valence-electron chi connectivity index (χ0n) is 8.92. The minimum Gasteiger partial charge on any atom is -0.463 e. The van der Waals surface area contributed by atoms with Crippen LogP contribution in [0.4, 0.5) is 0 Å². The molecule has 1 N–H and O–H groups in total. The van der Waals surface area contributed by atoms with Gasteiger partial charge in [-0.2, -0.15) is 0 Å². The molecule has 0 spiro atoms. The Hall–Kier alpha value is -0.760. The summed E-state index contributed by atoms with van der Waals surface area (Å²) in [5.41, 5.74) is -0.635. The van der Waals surface area contributed by atoms with Crippen LogP contribution in [0.25, 0.3) is 0 Å². The van der Waals surface area contributed by atoms with Crippen molar-refractivity contribution in [2.24, 2.45) is 5.92 Å². The van der Waals surface area contributed by atoms with Crippen LogP contribution in [0.15, 0.2) is 16.5 Å². The number of aliphatic hydroxyl groups is 1. The van der Waals surface area contributed by atoms with E-state index < -0.39 is 5.60 Å². The van der Waals surface area contributed by atoms with E-state index in [4.69, 9.17) is 4.42 Å². The van der Waals surface area contributed by atoms with E-state index in [0.717, 1.165) is 37.2 Å². The SMILES string of the molecule is CCCC1CC1(O)c1ccc(CC)o1. The smallest absolute Gasteiger partial charge is 0.136 e. The molecule has 1 aliphatic rings. The van der Waals surface area contributed by atoms with Gasteiger partial charge in [0, 0.05) is 6.42 Å². The van der Waals surface area contributed by atoms with Gasteiger partial charge in [-0.15, -0.1) is 0 Å². The van der Waals surface area contributed by atoms with Gasteiger partial charge < -0.3 is 9.52 Å². The summed E-state index contributed by atoms with van der Waals surface area (Å²) in [4.78, 5) is 0. The van der Waals surface area contributed by atoms with Gasteiger partial charge in [-0.3, -0.25) is 0 Å². The molecule has 1 fully saturated rings. The molecule has 1 aromatic rings. The second-order valence-electron chi connectivity index (χ2n) is 4.23. The lowest BCUT2D eigenvalue weighted by Crippen LogP contribution is -2.07. The monoisotopic (exact) mass is 194 g/mol. The van der Waals surface area contributed by atoms with E-state index in [1.54, 1.807) is 0 Å². The third-order valence-corrected chi connectivity index (χ3v) is 3.15. The van der Waals surface area contributed by atoms with Crippen LogP contribution in [0.5, 0.6) is 0 Å². The Kier molecular flexibility index (Phi) is 2.40. The Morgan fingerprint density at radius 3 is 2.86 bits per heavy atom. The maximum Gasteiger partial charge on any atom is 0.136 e. The van der Waals surface area contributed by atoms with Gasteiger partial charge in [0.15, 0.2) is 0 Å². The molecule has 1 aliphatic carbocycles. The third-order valence-electron chi connectivity index (χ3n) is 3.15. The fraction of sp³-hybridized carbons (Fsp3) is 0.667. The van der Waals surface area contributed by atoms with Crippen LogP contribution < -0.4 is 0 Å². The zero-order valence-corrected chi connectivity index (χ0v) is 8.92. The molecule has 2 heteroatoms. The first-order valence-corrected chi connectivity index (χ1v) is 5.52. The van der Waals surface area contributed by atoms with Crippen LogP contribution >= 0.6 is 0 Å². The summed E-state index contributed by atoms with van der Waals surface area (Å²) < 4.78 is 5.59. The molecule has 0 amide bonds. The van der Waals surface area contributed by atoms with Gasteiger partial charge in [-0.25, -0.2) is 0 Å². The highest BCUT2D eigenvalue weighted by Gasteiger charge is 2.55. The largest absolute Gasteiger partial charge is 0.463 e. The van der Waals surface area contributed by atoms with Gasteiger partial charge >= 0.3 is 0 Å². The molecule has 0 aromatic carbocycles. The number of aryl methyl sites for hydroxylation is 1. The summed E-state index contributed by atoms with van der Waals surface area (Å²) in [5.74, 6) is 2.16. The summed E-state index contributed by atoms with van der Waals surface area (Å²) in [6, 6.07) is 3.89. The van der Waals surface area contributed by atoms with Gasteiger partial charge in [0.05, 0.1) is 0 Å². The van der Waals surface area contributed by atoms with Crippen molar-refractivity contribution in [3.63, 3.8) is 0 Å². The third kappa shape index (κ3) is 1.48. The fourth-order valence-electron chi connectivity index (χ4n) is 2.11. The van der Waals surface area contributed by atoms with Crippen LogP contribution in [-0.2, 0) is 12.0 Å². The average Bonchev–Trinajstić information content (AvgIpc) is 2.69. The molecule has 2 unspecified atom stereocenters. The molecule has 0 aliphatic heterocycles. The van der Waals surface area contributed by atoms with Gasteiger partial charge in [0.1, 0.15) is 17.1 Å². The van der Waals surface area contributed by atoms with E-state index in [2.05, 4.69) is 13.8 Å². The summed E-state index contributed by atoms with van der Waals surface area (Å²) in [6.07, 6.45) is 4.00. The van der Waals surface area contributed by atoms with Crippen LogP contribution in [0.1, 0.15) is 44.6 Å². The molecule has 14 heavy (non-hydrogen) atoms. The normalized spacial score (nSPS) is 30.6. The Morgan fingerprint density at radius 1 is 1.50 bits per heavy atom. The molecule has 0 radical (unpaired) electrons. The Balaban J connectivity index is 2.09. The molecule has 0 saturated heterocycles. The lowest BCUT2D eigenvalue weighted by molar-refractivity contribution is 0.101. The van der Waals surface area contributed by atoms with Gasteiger partial charge in [-0.1, -0.05) is 20.3 Å². The average molecular weight is 194 g/mol. The van der Waals surface area contributed by atoms with Crippen molar-refractivity contribution in [2.75, 3.05) is 0 Å². The van der Waals surface area contributed by atoms with Gasteiger partial charge in [0.2, 0.25) is 0 Å². The first-order chi connectivity index (χ1) is 6.70. The maximum atomic E-state index is 10.2. The van der Waals surface area contributed by atoms with Crippen LogP contribution in [0, 0.1) is 5.92 Å². The minimum absolute atomic E-state index is 0.420. The van der Waals surface area contributed by atoms with E-state index >= 15 is 0 Å². The standard InChI is InChI=1S/C12H18O2/c1-3-5-9-8-12(9,13)11-7-6-10(4-2)14-11/h6-7,9,13H,3-5,8H2,1-2H3. The van der Waals surface area contributed by atoms with E-state index in [1.165, 1.54) is 0 Å². The van der Waals surface area contributed by atoms with Crippen LogP contribution in [0.3, 0.4) is 0 Å². The van der Waals surface area contributed by atoms with E-state index in [-0.39, 0.29) is 0 Å². The first kappa shape index (κ1) is 9.78. The molecule has 2 rings (SSSR count). The maximum absolute atomic E-state index is 10.2. The van der Waals surface area contributed by atoms with Crippen molar-refractivity contribution in [1.82, 2.24) is 0 Å². The first-order valence-electron chi connectivity index (χ1n) is 5.52. The number of hydrogen-bond donors (Lipinski definition) is 1. The van der Waals surface area contributed by atoms with E-state index in [1.807, 2.05) is 12.1 Å². The lowest BCUT2D eigenvalue weighted by atomic mass is 10.1. The van der Waals surface area contributed by atoms with Crippen molar-refractivity contribution in [2.45, 2.75) is 45.1 Å². The highest BCUT2D eigenvalue weighted by molar-refractivity contribution is 5.22. The van der Waals surface area contributed by atoms with Crippen molar-refractivity contribution in [1.29, 1.82) is 0 Å². The number of rotatable bonds is 4. The highest BCUT2D eigenvalue weighted by Crippen LogP contribution is 2.54. The lowest BCUT2D eigenvalue weighted by Gasteiger charge is -2.06. The van der Waals surface area contributed by atoms with Gasteiger partial charge in [0.25, 0.3) is 0 Å². The molecule has 1 aromatic heterocycles. The summed E-state index contributed by atoms with van der Waals surface area (Å²) in [5, 5.41) is 10.2. The molecular formula is C12H18O2. The molecule has 2 nitrogen and oxygen atoms in total. The Bertz CT molecular complexity index is 316. The molecule has 1 heterocycles. The van der Waals surface area contributed by atoms with Gasteiger partial charge in [-0.05, 0) is 30.9 Å². The van der Waals surface area contributed by atoms with Crippen molar-refractivity contribution in [3.8, 4) is 0 Å². The van der Waals surface area contributed by atoms with Crippen molar-refractivity contribution in [3.05, 3.63) is 23.7 Å². The minimum atomic E-state index is -0.635. The Morgan fingerprint density at radius 2 is 2.29 bits per heavy atom. The molecule has 1 saturated carbocycles. The number of hydrogen-bond acceptors (Lipinski definition) is 2. The fourth-order valence-corrected chi connectivity index (χ4v) is 2.11. The molecule has 78 valence electrons. The summed E-state index contributed by atoms with van der Waals surface area (Å²) in [7, 11) is 0. The Labute approximate surface area is 84.9 Å². The van der Waals surface area contributed by atoms with E-state index in [9.17, 15) is 5.11 Å². The second-order valence-corrected chi connectivity index (χ2v) is 4.23. The number of furan rings is 1. The predicted molar refractivity (Wildman–Crippen MR) is 55.0 cm³/mol. The van der Waals surface area contributed by atoms with Crippen molar-refractivity contribution < 1.29 is 9.52 Å². The van der Waals surface area contributed by atoms with E-state index in [0.29, 0.717) is 5.92 Å².